The minimum absolute atomic E-state index is 0.0650. The van der Waals surface area contributed by atoms with Gasteiger partial charge in [0.05, 0.1) is 19.2 Å². The molecule has 0 fully saturated rings. The Balaban J connectivity index is 1.74. The van der Waals surface area contributed by atoms with Gasteiger partial charge in [-0.1, -0.05) is 6.42 Å². The molecule has 2 N–H and O–H groups in total. The molecule has 0 radical (unpaired) electrons. The summed E-state index contributed by atoms with van der Waals surface area (Å²) >= 11 is 1.51. The van der Waals surface area contributed by atoms with Gasteiger partial charge in [-0.25, -0.2) is 4.98 Å². The van der Waals surface area contributed by atoms with Crippen molar-refractivity contribution in [1.82, 2.24) is 10.3 Å². The zero-order valence-electron chi connectivity index (χ0n) is 14.2. The third-order valence-corrected chi connectivity index (χ3v) is 4.56. The summed E-state index contributed by atoms with van der Waals surface area (Å²) < 4.78 is 5.14. The average Bonchev–Trinajstić information content (AvgIpc) is 3.06. The van der Waals surface area contributed by atoms with E-state index in [1.165, 1.54) is 11.3 Å². The summed E-state index contributed by atoms with van der Waals surface area (Å²) in [5, 5.41) is 14.2. The SMILES string of the molecule is COc1ccc(-c2nc(CC(=O)NCCCCCC(=O)O)cs2)cc1. The number of carbonyl (C=O) groups excluding carboxylic acids is 1. The van der Waals surface area contributed by atoms with E-state index in [9.17, 15) is 9.59 Å². The van der Waals surface area contributed by atoms with Crippen LogP contribution in [-0.2, 0) is 16.0 Å². The van der Waals surface area contributed by atoms with Crippen LogP contribution in [0, 0.1) is 0 Å². The van der Waals surface area contributed by atoms with Gasteiger partial charge in [0.1, 0.15) is 10.8 Å². The molecule has 25 heavy (non-hydrogen) atoms. The number of ether oxygens (including phenoxy) is 1. The molecule has 1 amide bonds. The number of aromatic nitrogens is 1. The van der Waals surface area contributed by atoms with E-state index in [4.69, 9.17) is 9.84 Å². The van der Waals surface area contributed by atoms with Gasteiger partial charge in [0, 0.05) is 23.9 Å². The molecule has 0 saturated carbocycles. The van der Waals surface area contributed by atoms with Crippen LogP contribution >= 0.6 is 11.3 Å². The maximum Gasteiger partial charge on any atom is 0.303 e. The lowest BCUT2D eigenvalue weighted by Gasteiger charge is -2.03. The standard InChI is InChI=1S/C18H22N2O4S/c1-24-15-8-6-13(7-9-15)18-20-14(12-25-18)11-16(21)19-10-4-2-3-5-17(22)23/h6-9,12H,2-5,10-11H2,1H3,(H,19,21)(H,22,23). The largest absolute Gasteiger partial charge is 0.497 e. The number of benzene rings is 1. The number of thiazole rings is 1. The van der Waals surface area contributed by atoms with E-state index in [1.54, 1.807) is 7.11 Å². The Morgan fingerprint density at radius 1 is 1.20 bits per heavy atom. The molecule has 0 aliphatic heterocycles. The quantitative estimate of drug-likeness (QED) is 0.634. The van der Waals surface area contributed by atoms with E-state index in [-0.39, 0.29) is 18.7 Å². The lowest BCUT2D eigenvalue weighted by molar-refractivity contribution is -0.137. The number of methoxy groups -OCH3 is 1. The molecule has 1 aromatic heterocycles. The van der Waals surface area contributed by atoms with Gasteiger partial charge in [-0.3, -0.25) is 9.59 Å². The highest BCUT2D eigenvalue weighted by Gasteiger charge is 2.09. The van der Waals surface area contributed by atoms with Gasteiger partial charge < -0.3 is 15.2 Å². The van der Waals surface area contributed by atoms with Crippen molar-refractivity contribution >= 4 is 23.2 Å². The number of nitrogens with one attached hydrogen (secondary N) is 1. The third kappa shape index (κ3) is 6.54. The van der Waals surface area contributed by atoms with Gasteiger partial charge in [-0.05, 0) is 37.1 Å². The minimum atomic E-state index is -0.778. The van der Waals surface area contributed by atoms with Crippen molar-refractivity contribution in [3.63, 3.8) is 0 Å². The van der Waals surface area contributed by atoms with Gasteiger partial charge in [0.15, 0.2) is 0 Å². The summed E-state index contributed by atoms with van der Waals surface area (Å²) in [6.07, 6.45) is 2.66. The molecule has 0 bridgehead atoms. The molecule has 0 atom stereocenters. The van der Waals surface area contributed by atoms with Crippen LogP contribution < -0.4 is 10.1 Å². The number of nitrogens with zero attached hydrogens (tertiary/aromatic N) is 1. The smallest absolute Gasteiger partial charge is 0.303 e. The van der Waals surface area contributed by atoms with Gasteiger partial charge in [-0.15, -0.1) is 11.3 Å². The number of amides is 1. The maximum absolute atomic E-state index is 11.9. The lowest BCUT2D eigenvalue weighted by Crippen LogP contribution is -2.26. The van der Waals surface area contributed by atoms with Crippen molar-refractivity contribution in [2.45, 2.75) is 32.1 Å². The summed E-state index contributed by atoms with van der Waals surface area (Å²) in [6, 6.07) is 7.65. The predicted octanol–water partition coefficient (Wildman–Crippen LogP) is 3.12. The van der Waals surface area contributed by atoms with Crippen LogP contribution in [-0.4, -0.2) is 35.6 Å². The molecule has 6 nitrogen and oxygen atoms in total. The molecule has 134 valence electrons. The zero-order valence-corrected chi connectivity index (χ0v) is 15.0. The summed E-state index contributed by atoms with van der Waals surface area (Å²) in [5.74, 6) is -0.0479. The molecule has 2 rings (SSSR count). The highest BCUT2D eigenvalue weighted by molar-refractivity contribution is 7.13. The van der Waals surface area contributed by atoms with Gasteiger partial charge >= 0.3 is 5.97 Å². The van der Waals surface area contributed by atoms with Gasteiger partial charge in [-0.2, -0.15) is 0 Å². The topological polar surface area (TPSA) is 88.5 Å². The first kappa shape index (κ1) is 18.9. The third-order valence-electron chi connectivity index (χ3n) is 3.62. The van der Waals surface area contributed by atoms with Crippen molar-refractivity contribution in [3.8, 4) is 16.3 Å². The van der Waals surface area contributed by atoms with Gasteiger partial charge in [0.2, 0.25) is 5.91 Å². The predicted molar refractivity (Wildman–Crippen MR) is 96.9 cm³/mol. The van der Waals surface area contributed by atoms with Crippen molar-refractivity contribution in [3.05, 3.63) is 35.3 Å². The van der Waals surface area contributed by atoms with E-state index < -0.39 is 5.97 Å². The number of aliphatic carboxylic acids is 1. The van der Waals surface area contributed by atoms with Crippen molar-refractivity contribution in [2.75, 3.05) is 13.7 Å². The minimum Gasteiger partial charge on any atom is -0.497 e. The summed E-state index contributed by atoms with van der Waals surface area (Å²) in [4.78, 5) is 26.8. The summed E-state index contributed by atoms with van der Waals surface area (Å²) in [5.41, 5.74) is 1.75. The normalized spacial score (nSPS) is 10.4. The number of rotatable bonds is 10. The molecule has 0 aliphatic rings. The highest BCUT2D eigenvalue weighted by Crippen LogP contribution is 2.25. The fourth-order valence-corrected chi connectivity index (χ4v) is 3.11. The number of carbonyl (C=O) groups is 2. The second-order valence-electron chi connectivity index (χ2n) is 5.60. The molecule has 1 heterocycles. The van der Waals surface area contributed by atoms with E-state index >= 15 is 0 Å². The van der Waals surface area contributed by atoms with Crippen LogP contribution in [0.5, 0.6) is 5.75 Å². The molecule has 1 aromatic carbocycles. The molecule has 2 aromatic rings. The average molecular weight is 362 g/mol. The first-order valence-electron chi connectivity index (χ1n) is 8.16. The molecule has 7 heteroatoms. The first-order valence-corrected chi connectivity index (χ1v) is 9.04. The van der Waals surface area contributed by atoms with Crippen LogP contribution in [0.25, 0.3) is 10.6 Å². The van der Waals surface area contributed by atoms with E-state index in [1.807, 2.05) is 29.6 Å². The highest BCUT2D eigenvalue weighted by atomic mass is 32.1. The van der Waals surface area contributed by atoms with Crippen molar-refractivity contribution < 1.29 is 19.4 Å². The Bertz CT molecular complexity index is 697. The Morgan fingerprint density at radius 3 is 2.64 bits per heavy atom. The molecule has 0 saturated heterocycles. The van der Waals surface area contributed by atoms with E-state index in [0.29, 0.717) is 13.0 Å². The molecular weight excluding hydrogens is 340 g/mol. The monoisotopic (exact) mass is 362 g/mol. The number of unbranched alkanes of at least 4 members (excludes halogenated alkanes) is 2. The fraction of sp³-hybridized carbons (Fsp3) is 0.389. The molecular formula is C18H22N2O4S. The Hall–Kier alpha value is -2.41. The van der Waals surface area contributed by atoms with Crippen molar-refractivity contribution in [1.29, 1.82) is 0 Å². The zero-order chi connectivity index (χ0) is 18.1. The van der Waals surface area contributed by atoms with E-state index in [0.717, 1.165) is 34.9 Å². The maximum atomic E-state index is 11.9. The Labute approximate surface area is 150 Å². The van der Waals surface area contributed by atoms with Crippen LogP contribution in [0.4, 0.5) is 0 Å². The van der Waals surface area contributed by atoms with Crippen LogP contribution in [0.1, 0.15) is 31.4 Å². The van der Waals surface area contributed by atoms with Crippen LogP contribution in [0.15, 0.2) is 29.6 Å². The first-order chi connectivity index (χ1) is 12.1. The molecule has 0 spiro atoms. The Morgan fingerprint density at radius 2 is 1.96 bits per heavy atom. The van der Waals surface area contributed by atoms with Gasteiger partial charge in [0.25, 0.3) is 0 Å². The number of hydrogen-bond donors (Lipinski definition) is 2. The number of carboxylic acid groups (broad SMARTS) is 1. The summed E-state index contributed by atoms with van der Waals surface area (Å²) in [7, 11) is 1.63. The molecule has 0 aliphatic carbocycles. The van der Waals surface area contributed by atoms with Crippen LogP contribution in [0.2, 0.25) is 0 Å². The fourth-order valence-electron chi connectivity index (χ4n) is 2.29. The van der Waals surface area contributed by atoms with E-state index in [2.05, 4.69) is 10.3 Å². The number of carboxylic acids is 1. The summed E-state index contributed by atoms with van der Waals surface area (Å²) in [6.45, 7) is 0.563. The van der Waals surface area contributed by atoms with Crippen LogP contribution in [0.3, 0.4) is 0 Å². The second-order valence-corrected chi connectivity index (χ2v) is 6.46. The lowest BCUT2D eigenvalue weighted by atomic mass is 10.2. The molecule has 0 unspecified atom stereocenters. The Kier molecular flexibility index (Phi) is 7.40. The second kappa shape index (κ2) is 9.78. The number of hydrogen-bond acceptors (Lipinski definition) is 5. The van der Waals surface area contributed by atoms with Crippen molar-refractivity contribution in [2.24, 2.45) is 0 Å².